The number of hydrogen-bond donors (Lipinski definition) is 1. The molecule has 34 heavy (non-hydrogen) atoms. The maximum Gasteiger partial charge on any atom is 0.336 e. The molecule has 3 aliphatic heterocycles. The number of carbonyl (C=O) groups excluding carboxylic acids is 2. The third-order valence-electron chi connectivity index (χ3n) is 6.88. The van der Waals surface area contributed by atoms with Crippen molar-refractivity contribution in [3.63, 3.8) is 0 Å². The number of piperidine rings is 1. The molecule has 1 unspecified atom stereocenters. The number of tetrazole rings is 1. The third kappa shape index (κ3) is 3.97. The van der Waals surface area contributed by atoms with E-state index in [1.54, 1.807) is 17.9 Å². The molecule has 2 aromatic rings. The summed E-state index contributed by atoms with van der Waals surface area (Å²) in [7, 11) is 0. The van der Waals surface area contributed by atoms with Crippen LogP contribution < -0.4 is 0 Å². The molecule has 180 valence electrons. The average Bonchev–Trinajstić information content (AvgIpc) is 3.48. The molecule has 2 saturated heterocycles. The van der Waals surface area contributed by atoms with Crippen molar-refractivity contribution in [3.8, 4) is 5.82 Å². The van der Waals surface area contributed by atoms with Gasteiger partial charge in [0.05, 0.1) is 24.0 Å². The first-order valence-electron chi connectivity index (χ1n) is 11.3. The molecule has 5 heterocycles. The number of rotatable bonds is 5. The lowest BCUT2D eigenvalue weighted by Crippen LogP contribution is -2.60. The van der Waals surface area contributed by atoms with Gasteiger partial charge in [0, 0.05) is 37.4 Å². The summed E-state index contributed by atoms with van der Waals surface area (Å²) in [6.45, 7) is 6.14. The zero-order valence-electron chi connectivity index (χ0n) is 19.2. The van der Waals surface area contributed by atoms with Crippen molar-refractivity contribution >= 4 is 11.9 Å². The Morgan fingerprint density at radius 3 is 2.62 bits per heavy atom. The van der Waals surface area contributed by atoms with E-state index in [0.29, 0.717) is 68.4 Å². The molecule has 2 fully saturated rings. The maximum atomic E-state index is 13.4. The SMILES string of the molecule is CC1=C(N2CCOC3(CCN(CC(O)c4ccc(-n5cnnn5)nc4C)CC3)C2=O)COC1=O. The number of cyclic esters (lactones) is 1. The van der Waals surface area contributed by atoms with Crippen LogP contribution in [0.2, 0.25) is 0 Å². The van der Waals surface area contributed by atoms with Crippen LogP contribution in [-0.4, -0.2) is 97.0 Å². The van der Waals surface area contributed by atoms with Gasteiger partial charge in [0.1, 0.15) is 18.5 Å². The van der Waals surface area contributed by atoms with E-state index in [9.17, 15) is 14.7 Å². The van der Waals surface area contributed by atoms with Crippen LogP contribution in [0.25, 0.3) is 5.82 Å². The number of hydrogen-bond acceptors (Lipinski definition) is 10. The van der Waals surface area contributed by atoms with Gasteiger partial charge in [-0.1, -0.05) is 6.07 Å². The second kappa shape index (κ2) is 8.85. The molecule has 1 spiro atoms. The Kier molecular flexibility index (Phi) is 5.88. The zero-order chi connectivity index (χ0) is 23.9. The minimum atomic E-state index is -0.899. The van der Waals surface area contributed by atoms with Gasteiger partial charge in [0.25, 0.3) is 5.91 Å². The number of aryl methyl sites for hydroxylation is 1. The fourth-order valence-electron chi connectivity index (χ4n) is 4.85. The predicted molar refractivity (Wildman–Crippen MR) is 116 cm³/mol. The topological polar surface area (TPSA) is 136 Å². The van der Waals surface area contributed by atoms with Crippen LogP contribution in [0, 0.1) is 6.92 Å². The van der Waals surface area contributed by atoms with E-state index in [-0.39, 0.29) is 18.5 Å². The summed E-state index contributed by atoms with van der Waals surface area (Å²) in [5, 5.41) is 21.9. The Balaban J connectivity index is 1.22. The number of β-amino-alcohol motifs (C(OH)–C–C–N with tert-alkyl or cyclic N) is 1. The van der Waals surface area contributed by atoms with Crippen LogP contribution >= 0.6 is 0 Å². The lowest BCUT2D eigenvalue weighted by molar-refractivity contribution is -0.177. The van der Waals surface area contributed by atoms with Crippen LogP contribution in [0.15, 0.2) is 29.7 Å². The highest BCUT2D eigenvalue weighted by Crippen LogP contribution is 2.35. The first-order valence-corrected chi connectivity index (χ1v) is 11.3. The quantitative estimate of drug-likeness (QED) is 0.592. The number of pyridine rings is 1. The van der Waals surface area contributed by atoms with Crippen molar-refractivity contribution in [3.05, 3.63) is 41.0 Å². The second-order valence-corrected chi connectivity index (χ2v) is 8.86. The number of nitrogens with zero attached hydrogens (tertiary/aromatic N) is 7. The summed E-state index contributed by atoms with van der Waals surface area (Å²) in [6, 6.07) is 3.60. The molecule has 5 rings (SSSR count). The van der Waals surface area contributed by atoms with Crippen molar-refractivity contribution in [2.45, 2.75) is 38.4 Å². The van der Waals surface area contributed by atoms with Gasteiger partial charge in [-0.25, -0.2) is 9.78 Å². The lowest BCUT2D eigenvalue weighted by atomic mass is 9.87. The van der Waals surface area contributed by atoms with Gasteiger partial charge >= 0.3 is 5.97 Å². The minimum Gasteiger partial charge on any atom is -0.456 e. The Morgan fingerprint density at radius 1 is 1.18 bits per heavy atom. The summed E-state index contributed by atoms with van der Waals surface area (Å²) in [4.78, 5) is 33.4. The lowest BCUT2D eigenvalue weighted by Gasteiger charge is -2.46. The van der Waals surface area contributed by atoms with E-state index in [0.717, 1.165) is 5.56 Å². The van der Waals surface area contributed by atoms with E-state index in [1.165, 1.54) is 11.0 Å². The Hall–Kier alpha value is -3.22. The molecule has 12 nitrogen and oxygen atoms in total. The van der Waals surface area contributed by atoms with Gasteiger partial charge in [0.2, 0.25) is 0 Å². The smallest absolute Gasteiger partial charge is 0.336 e. The number of likely N-dealkylation sites (tertiary alicyclic amines) is 1. The van der Waals surface area contributed by atoms with Gasteiger partial charge in [-0.05, 0) is 43.2 Å². The van der Waals surface area contributed by atoms with Crippen LogP contribution in [-0.2, 0) is 19.1 Å². The molecule has 1 amide bonds. The molecule has 0 bridgehead atoms. The van der Waals surface area contributed by atoms with Crippen LogP contribution in [0.5, 0.6) is 0 Å². The average molecular weight is 470 g/mol. The number of morpholine rings is 1. The van der Waals surface area contributed by atoms with Crippen LogP contribution in [0.4, 0.5) is 0 Å². The van der Waals surface area contributed by atoms with Gasteiger partial charge in [-0.3, -0.25) is 4.79 Å². The van der Waals surface area contributed by atoms with Gasteiger partial charge < -0.3 is 24.4 Å². The predicted octanol–water partition coefficient (Wildman–Crippen LogP) is -0.0767. The van der Waals surface area contributed by atoms with Crippen LogP contribution in [0.1, 0.15) is 37.1 Å². The molecule has 12 heteroatoms. The van der Waals surface area contributed by atoms with E-state index in [2.05, 4.69) is 25.4 Å². The fourth-order valence-corrected chi connectivity index (χ4v) is 4.85. The Morgan fingerprint density at radius 2 is 1.97 bits per heavy atom. The normalized spacial score (nSPS) is 21.9. The van der Waals surface area contributed by atoms with E-state index in [4.69, 9.17) is 9.47 Å². The van der Waals surface area contributed by atoms with E-state index < -0.39 is 11.7 Å². The largest absolute Gasteiger partial charge is 0.456 e. The first-order chi connectivity index (χ1) is 16.4. The maximum absolute atomic E-state index is 13.4. The zero-order valence-corrected chi connectivity index (χ0v) is 19.2. The summed E-state index contributed by atoms with van der Waals surface area (Å²) in [5.41, 5.74) is 1.67. The monoisotopic (exact) mass is 469 g/mol. The molecule has 3 aliphatic rings. The number of esters is 1. The molecule has 1 N–H and O–H groups in total. The van der Waals surface area contributed by atoms with Crippen molar-refractivity contribution in [2.24, 2.45) is 0 Å². The molecule has 0 aliphatic carbocycles. The molecule has 0 saturated carbocycles. The highest BCUT2D eigenvalue weighted by Gasteiger charge is 2.49. The summed E-state index contributed by atoms with van der Waals surface area (Å²) in [5.74, 6) is 0.100. The molecular weight excluding hydrogens is 442 g/mol. The number of aliphatic hydroxyl groups is 1. The minimum absolute atomic E-state index is 0.107. The number of amides is 1. The first kappa shape index (κ1) is 22.6. The molecule has 0 radical (unpaired) electrons. The van der Waals surface area contributed by atoms with Gasteiger partial charge in [0.15, 0.2) is 5.82 Å². The van der Waals surface area contributed by atoms with Crippen molar-refractivity contribution < 1.29 is 24.2 Å². The summed E-state index contributed by atoms with van der Waals surface area (Å²) in [6.07, 6.45) is 1.78. The molecule has 2 aromatic heterocycles. The standard InChI is InChI=1S/C22H27N7O5/c1-14-17(12-33-20(14)31)28-9-10-34-22(21(28)32)5-7-27(8-6-22)11-18(30)16-3-4-19(24-15(16)2)29-13-23-25-26-29/h3-4,13,18,30H,5-12H2,1-2H3. The highest BCUT2D eigenvalue weighted by molar-refractivity contribution is 5.94. The number of carbonyl (C=O) groups is 2. The molecule has 1 atom stereocenters. The molecule has 0 aromatic carbocycles. The van der Waals surface area contributed by atoms with Crippen molar-refractivity contribution in [1.29, 1.82) is 0 Å². The van der Waals surface area contributed by atoms with Crippen molar-refractivity contribution in [2.75, 3.05) is 39.4 Å². The van der Waals surface area contributed by atoms with E-state index in [1.807, 2.05) is 13.0 Å². The molecular formula is C22H27N7O5. The fraction of sp³-hybridized carbons (Fsp3) is 0.545. The van der Waals surface area contributed by atoms with E-state index >= 15 is 0 Å². The summed E-state index contributed by atoms with van der Waals surface area (Å²) < 4.78 is 12.6. The van der Waals surface area contributed by atoms with Crippen LogP contribution in [0.3, 0.4) is 0 Å². The number of aromatic nitrogens is 5. The van der Waals surface area contributed by atoms with Crippen molar-refractivity contribution in [1.82, 2.24) is 35.0 Å². The third-order valence-corrected chi connectivity index (χ3v) is 6.88. The summed E-state index contributed by atoms with van der Waals surface area (Å²) >= 11 is 0. The highest BCUT2D eigenvalue weighted by atomic mass is 16.5. The Bertz CT molecular complexity index is 1120. The van der Waals surface area contributed by atoms with Gasteiger partial charge in [-0.15, -0.1) is 5.10 Å². The Labute approximate surface area is 196 Å². The number of ether oxygens (including phenoxy) is 2. The van der Waals surface area contributed by atoms with Gasteiger partial charge in [-0.2, -0.15) is 4.68 Å². The second-order valence-electron chi connectivity index (χ2n) is 8.86. The number of aliphatic hydroxyl groups excluding tert-OH is 1.